The molecule has 2 aromatic rings. The number of hydrogen-bond acceptors (Lipinski definition) is 8. The molecule has 1 aromatic heterocycles. The molecule has 0 saturated carbocycles. The zero-order valence-electron chi connectivity index (χ0n) is 14.4. The molecule has 2 aliphatic heterocycles. The second-order valence-electron chi connectivity index (χ2n) is 6.00. The molecule has 0 amide bonds. The van der Waals surface area contributed by atoms with Crippen LogP contribution in [0.5, 0.6) is 5.75 Å². The molecule has 0 radical (unpaired) electrons. The SMILES string of the molecule is NCC(=O)Oc1ccc2c(c1)C1=NCCN1C(=CC(=O)c1cccnc1)N2. The van der Waals surface area contributed by atoms with Crippen molar-refractivity contribution >= 4 is 23.3 Å². The molecule has 0 bridgehead atoms. The number of esters is 1. The number of nitrogens with zero attached hydrogens (tertiary/aromatic N) is 3. The standard InChI is InChI=1S/C19H17N5O3/c20-10-18(26)27-13-3-4-15-14(8-13)19-22-6-7-24(19)17(23-15)9-16(25)12-2-1-5-21-11-12/h1-5,8-9,11,23H,6-7,10,20H2. The Kier molecular flexibility index (Phi) is 4.39. The molecule has 0 saturated heterocycles. The van der Waals surface area contributed by atoms with Crippen LogP contribution >= 0.6 is 0 Å². The summed E-state index contributed by atoms with van der Waals surface area (Å²) in [6.45, 7) is 1.08. The maximum Gasteiger partial charge on any atom is 0.325 e. The number of aromatic nitrogens is 1. The Labute approximate surface area is 155 Å². The summed E-state index contributed by atoms with van der Waals surface area (Å²) in [5.41, 5.74) is 7.39. The van der Waals surface area contributed by atoms with E-state index < -0.39 is 5.97 Å². The number of nitrogens with one attached hydrogen (secondary N) is 1. The topological polar surface area (TPSA) is 110 Å². The number of benzene rings is 1. The van der Waals surface area contributed by atoms with Crippen LogP contribution in [0.15, 0.2) is 59.6 Å². The van der Waals surface area contributed by atoms with E-state index in [0.717, 1.165) is 17.1 Å². The molecule has 3 heterocycles. The molecule has 0 fully saturated rings. The first-order valence-corrected chi connectivity index (χ1v) is 8.46. The Bertz CT molecular complexity index is 969. The molecule has 0 atom stereocenters. The molecular weight excluding hydrogens is 346 g/mol. The van der Waals surface area contributed by atoms with Gasteiger partial charge in [-0.2, -0.15) is 0 Å². The average Bonchev–Trinajstić information content (AvgIpc) is 3.19. The fraction of sp³-hybridized carbons (Fsp3) is 0.158. The Morgan fingerprint density at radius 3 is 3.00 bits per heavy atom. The zero-order valence-corrected chi connectivity index (χ0v) is 14.4. The predicted molar refractivity (Wildman–Crippen MR) is 99.5 cm³/mol. The van der Waals surface area contributed by atoms with E-state index in [9.17, 15) is 9.59 Å². The van der Waals surface area contributed by atoms with Gasteiger partial charge in [-0.05, 0) is 30.3 Å². The van der Waals surface area contributed by atoms with Crippen molar-refractivity contribution in [3.63, 3.8) is 0 Å². The monoisotopic (exact) mass is 363 g/mol. The van der Waals surface area contributed by atoms with Gasteiger partial charge in [0.05, 0.1) is 18.8 Å². The first-order valence-electron chi connectivity index (χ1n) is 8.46. The minimum atomic E-state index is -0.508. The number of aliphatic imine (C=N–C) groups is 1. The molecule has 3 N–H and O–H groups in total. The predicted octanol–water partition coefficient (Wildman–Crippen LogP) is 1.16. The lowest BCUT2D eigenvalue weighted by Gasteiger charge is -2.31. The van der Waals surface area contributed by atoms with E-state index in [1.165, 1.54) is 6.20 Å². The average molecular weight is 363 g/mol. The van der Waals surface area contributed by atoms with Gasteiger partial charge in [0.2, 0.25) is 0 Å². The maximum absolute atomic E-state index is 12.5. The van der Waals surface area contributed by atoms with E-state index in [4.69, 9.17) is 10.5 Å². The smallest absolute Gasteiger partial charge is 0.325 e. The summed E-state index contributed by atoms with van der Waals surface area (Å²) in [5, 5.41) is 3.26. The first kappa shape index (κ1) is 16.9. The number of carbonyl (C=O) groups is 2. The van der Waals surface area contributed by atoms with Gasteiger partial charge in [-0.1, -0.05) is 0 Å². The van der Waals surface area contributed by atoms with Crippen molar-refractivity contribution in [3.8, 4) is 5.75 Å². The van der Waals surface area contributed by atoms with Gasteiger partial charge in [-0.15, -0.1) is 0 Å². The van der Waals surface area contributed by atoms with Gasteiger partial charge in [0.15, 0.2) is 5.78 Å². The number of ketones is 1. The Morgan fingerprint density at radius 2 is 2.22 bits per heavy atom. The molecular formula is C19H17N5O3. The van der Waals surface area contributed by atoms with E-state index >= 15 is 0 Å². The fourth-order valence-electron chi connectivity index (χ4n) is 3.00. The normalized spacial score (nSPS) is 16.3. The molecule has 0 unspecified atom stereocenters. The first-order chi connectivity index (χ1) is 13.2. The van der Waals surface area contributed by atoms with Crippen molar-refractivity contribution in [2.75, 3.05) is 25.0 Å². The van der Waals surface area contributed by atoms with Crippen LogP contribution in [0.25, 0.3) is 0 Å². The van der Waals surface area contributed by atoms with E-state index in [2.05, 4.69) is 15.3 Å². The molecule has 4 rings (SSSR count). The molecule has 8 nitrogen and oxygen atoms in total. The highest BCUT2D eigenvalue weighted by Gasteiger charge is 2.30. The van der Waals surface area contributed by atoms with Gasteiger partial charge >= 0.3 is 5.97 Å². The van der Waals surface area contributed by atoms with Crippen molar-refractivity contribution in [2.45, 2.75) is 0 Å². The number of amidine groups is 1. The number of anilines is 1. The summed E-state index contributed by atoms with van der Waals surface area (Å²) < 4.78 is 5.19. The van der Waals surface area contributed by atoms with Gasteiger partial charge < -0.3 is 20.7 Å². The van der Waals surface area contributed by atoms with E-state index in [0.29, 0.717) is 30.2 Å². The van der Waals surface area contributed by atoms with Gasteiger partial charge in [0, 0.05) is 36.1 Å². The highest BCUT2D eigenvalue weighted by atomic mass is 16.5. The van der Waals surface area contributed by atoms with E-state index in [1.807, 2.05) is 4.90 Å². The third-order valence-corrected chi connectivity index (χ3v) is 4.24. The summed E-state index contributed by atoms with van der Waals surface area (Å²) in [6, 6.07) is 8.65. The molecule has 1 aromatic carbocycles. The minimum absolute atomic E-state index is 0.145. The Balaban J connectivity index is 1.67. The van der Waals surface area contributed by atoms with Crippen LogP contribution in [-0.2, 0) is 4.79 Å². The van der Waals surface area contributed by atoms with Crippen molar-refractivity contribution < 1.29 is 14.3 Å². The maximum atomic E-state index is 12.5. The summed E-state index contributed by atoms with van der Waals surface area (Å²) in [5.74, 6) is 1.14. The van der Waals surface area contributed by atoms with Crippen LogP contribution < -0.4 is 15.8 Å². The number of fused-ring (bicyclic) bond motifs is 3. The number of ether oxygens (including phenoxy) is 1. The second kappa shape index (κ2) is 7.00. The van der Waals surface area contributed by atoms with Gasteiger partial charge in [-0.3, -0.25) is 19.6 Å². The molecule has 0 spiro atoms. The summed E-state index contributed by atoms with van der Waals surface area (Å²) in [4.78, 5) is 34.4. The lowest BCUT2D eigenvalue weighted by molar-refractivity contribution is -0.132. The van der Waals surface area contributed by atoms with Crippen LogP contribution in [-0.4, -0.2) is 47.1 Å². The third kappa shape index (κ3) is 3.30. The van der Waals surface area contributed by atoms with Crippen LogP contribution in [0.1, 0.15) is 15.9 Å². The van der Waals surface area contributed by atoms with Crippen molar-refractivity contribution in [3.05, 3.63) is 65.7 Å². The van der Waals surface area contributed by atoms with Crippen molar-refractivity contribution in [2.24, 2.45) is 10.7 Å². The van der Waals surface area contributed by atoms with Crippen LogP contribution in [0.2, 0.25) is 0 Å². The molecule has 2 aliphatic rings. The van der Waals surface area contributed by atoms with Crippen LogP contribution in [0.4, 0.5) is 5.69 Å². The summed E-state index contributed by atoms with van der Waals surface area (Å²) in [7, 11) is 0. The zero-order chi connectivity index (χ0) is 18.8. The molecule has 136 valence electrons. The van der Waals surface area contributed by atoms with Crippen molar-refractivity contribution in [1.82, 2.24) is 9.88 Å². The van der Waals surface area contributed by atoms with E-state index in [-0.39, 0.29) is 12.3 Å². The number of nitrogens with two attached hydrogens (primary N) is 1. The second-order valence-corrected chi connectivity index (χ2v) is 6.00. The van der Waals surface area contributed by atoms with Crippen LogP contribution in [0, 0.1) is 0 Å². The lowest BCUT2D eigenvalue weighted by Crippen LogP contribution is -2.36. The highest BCUT2D eigenvalue weighted by Crippen LogP contribution is 2.32. The Hall–Kier alpha value is -3.52. The fourth-order valence-corrected chi connectivity index (χ4v) is 3.00. The van der Waals surface area contributed by atoms with E-state index in [1.54, 1.807) is 42.6 Å². The summed E-state index contributed by atoms with van der Waals surface area (Å²) in [6.07, 6.45) is 4.70. The number of hydrogen-bond donors (Lipinski definition) is 2. The summed E-state index contributed by atoms with van der Waals surface area (Å²) >= 11 is 0. The number of pyridine rings is 1. The number of rotatable bonds is 4. The molecule has 0 aliphatic carbocycles. The molecule has 27 heavy (non-hydrogen) atoms. The molecule has 8 heteroatoms. The van der Waals surface area contributed by atoms with Crippen LogP contribution in [0.3, 0.4) is 0 Å². The third-order valence-electron chi connectivity index (χ3n) is 4.24. The lowest BCUT2D eigenvalue weighted by atomic mass is 10.1. The van der Waals surface area contributed by atoms with Gasteiger partial charge in [-0.25, -0.2) is 0 Å². The highest BCUT2D eigenvalue weighted by molar-refractivity contribution is 6.10. The number of allylic oxidation sites excluding steroid dienone is 1. The quantitative estimate of drug-likeness (QED) is 0.363. The minimum Gasteiger partial charge on any atom is -0.426 e. The van der Waals surface area contributed by atoms with Crippen molar-refractivity contribution in [1.29, 1.82) is 0 Å². The number of carbonyl (C=O) groups excluding carboxylic acids is 2. The van der Waals surface area contributed by atoms with Gasteiger partial charge in [0.25, 0.3) is 0 Å². The Morgan fingerprint density at radius 1 is 1.33 bits per heavy atom. The largest absolute Gasteiger partial charge is 0.426 e. The van der Waals surface area contributed by atoms with Gasteiger partial charge in [0.1, 0.15) is 17.4 Å².